The molecule has 3 rings (SSSR count). The minimum atomic E-state index is 0.0995. The molecule has 4 heteroatoms. The van der Waals surface area contributed by atoms with Crippen molar-refractivity contribution < 1.29 is 9.47 Å². The summed E-state index contributed by atoms with van der Waals surface area (Å²) >= 11 is 0. The number of benzene rings is 2. The van der Waals surface area contributed by atoms with E-state index in [2.05, 4.69) is 44.0 Å². The molecule has 28 heavy (non-hydrogen) atoms. The third-order valence-electron chi connectivity index (χ3n) is 5.33. The first-order chi connectivity index (χ1) is 13.4. The van der Waals surface area contributed by atoms with Crippen LogP contribution in [-0.4, -0.2) is 25.7 Å². The van der Waals surface area contributed by atoms with E-state index in [4.69, 9.17) is 15.2 Å². The predicted octanol–water partition coefficient (Wildman–Crippen LogP) is 5.43. The molecule has 1 aromatic heterocycles. The second kappa shape index (κ2) is 8.27. The Bertz CT molecular complexity index is 929. The van der Waals surface area contributed by atoms with Crippen LogP contribution in [0.1, 0.15) is 44.7 Å². The van der Waals surface area contributed by atoms with Gasteiger partial charge in [0.25, 0.3) is 0 Å². The first kappa shape index (κ1) is 20.3. The number of methoxy groups -OCH3 is 2. The molecule has 4 nitrogen and oxygen atoms in total. The van der Waals surface area contributed by atoms with Crippen molar-refractivity contribution in [2.45, 2.75) is 45.4 Å². The van der Waals surface area contributed by atoms with Gasteiger partial charge in [0, 0.05) is 10.9 Å². The molecule has 0 aliphatic heterocycles. The first-order valence-corrected chi connectivity index (χ1v) is 9.97. The van der Waals surface area contributed by atoms with Crippen molar-refractivity contribution in [3.05, 3.63) is 47.5 Å². The molecule has 3 N–H and O–H groups in total. The molecule has 1 heterocycles. The zero-order valence-corrected chi connectivity index (χ0v) is 17.7. The molecule has 0 atom stereocenters. The normalized spacial score (nSPS) is 11.8. The number of nitrogens with one attached hydrogen (secondary N) is 1. The Morgan fingerprint density at radius 2 is 1.64 bits per heavy atom. The van der Waals surface area contributed by atoms with Crippen molar-refractivity contribution in [2.24, 2.45) is 5.73 Å². The number of fused-ring (bicyclic) bond motifs is 1. The lowest BCUT2D eigenvalue weighted by Crippen LogP contribution is -2.10. The second-order valence-corrected chi connectivity index (χ2v) is 8.27. The Kier molecular flexibility index (Phi) is 5.99. The van der Waals surface area contributed by atoms with E-state index < -0.39 is 0 Å². The zero-order chi connectivity index (χ0) is 20.3. The summed E-state index contributed by atoms with van der Waals surface area (Å²) in [6.07, 6.45) is 3.02. The van der Waals surface area contributed by atoms with E-state index in [1.165, 1.54) is 16.5 Å². The second-order valence-electron chi connectivity index (χ2n) is 8.27. The number of aromatic nitrogens is 1. The standard InChI is InChI=1S/C24H32N2O2/c1-24(2,3)16-12-13-19-18(15-16)17(9-6-7-14-25)23(26-19)22-20(27-4)10-8-11-21(22)28-5/h8,10-13,15,26H,6-7,9,14,25H2,1-5H3. The van der Waals surface area contributed by atoms with Gasteiger partial charge in [-0.3, -0.25) is 0 Å². The quantitative estimate of drug-likeness (QED) is 0.537. The smallest absolute Gasteiger partial charge is 0.131 e. The maximum absolute atomic E-state index is 5.75. The molecule has 0 unspecified atom stereocenters. The fraction of sp³-hybridized carbons (Fsp3) is 0.417. The number of hydrogen-bond acceptors (Lipinski definition) is 3. The Morgan fingerprint density at radius 3 is 2.21 bits per heavy atom. The first-order valence-electron chi connectivity index (χ1n) is 9.97. The summed E-state index contributed by atoms with van der Waals surface area (Å²) in [5, 5.41) is 1.27. The number of ether oxygens (including phenoxy) is 2. The minimum absolute atomic E-state index is 0.0995. The molecule has 0 spiro atoms. The van der Waals surface area contributed by atoms with Gasteiger partial charge in [-0.15, -0.1) is 0 Å². The summed E-state index contributed by atoms with van der Waals surface area (Å²) in [5.41, 5.74) is 11.7. The maximum atomic E-state index is 5.75. The van der Waals surface area contributed by atoms with Gasteiger partial charge in [-0.05, 0) is 66.6 Å². The number of aromatic amines is 1. The molecule has 0 saturated heterocycles. The highest BCUT2D eigenvalue weighted by atomic mass is 16.5. The molecular formula is C24H32N2O2. The monoisotopic (exact) mass is 380 g/mol. The van der Waals surface area contributed by atoms with Crippen molar-refractivity contribution in [1.29, 1.82) is 0 Å². The van der Waals surface area contributed by atoms with Crippen molar-refractivity contribution in [3.63, 3.8) is 0 Å². The van der Waals surface area contributed by atoms with E-state index in [1.807, 2.05) is 18.2 Å². The third kappa shape index (κ3) is 3.88. The van der Waals surface area contributed by atoms with Crippen LogP contribution in [0.2, 0.25) is 0 Å². The molecule has 0 saturated carbocycles. The van der Waals surface area contributed by atoms with E-state index >= 15 is 0 Å². The highest BCUT2D eigenvalue weighted by molar-refractivity contribution is 5.93. The number of H-pyrrole nitrogens is 1. The molecule has 0 aliphatic carbocycles. The molecule has 0 bridgehead atoms. The van der Waals surface area contributed by atoms with Crippen LogP contribution in [-0.2, 0) is 11.8 Å². The van der Waals surface area contributed by atoms with Gasteiger partial charge in [-0.25, -0.2) is 0 Å². The Morgan fingerprint density at radius 1 is 0.964 bits per heavy atom. The minimum Gasteiger partial charge on any atom is -0.496 e. The van der Waals surface area contributed by atoms with Gasteiger partial charge < -0.3 is 20.2 Å². The topological polar surface area (TPSA) is 60.3 Å². The fourth-order valence-corrected chi connectivity index (χ4v) is 3.73. The highest BCUT2D eigenvalue weighted by Crippen LogP contribution is 2.42. The predicted molar refractivity (Wildman–Crippen MR) is 118 cm³/mol. The number of rotatable bonds is 7. The highest BCUT2D eigenvalue weighted by Gasteiger charge is 2.22. The van der Waals surface area contributed by atoms with Gasteiger partial charge in [-0.1, -0.05) is 32.9 Å². The lowest BCUT2D eigenvalue weighted by Gasteiger charge is -2.19. The van der Waals surface area contributed by atoms with E-state index in [0.29, 0.717) is 6.54 Å². The van der Waals surface area contributed by atoms with E-state index in [9.17, 15) is 0 Å². The van der Waals surface area contributed by atoms with Crippen molar-refractivity contribution in [3.8, 4) is 22.8 Å². The van der Waals surface area contributed by atoms with Crippen LogP contribution in [0, 0.1) is 0 Å². The molecule has 150 valence electrons. The van der Waals surface area contributed by atoms with E-state index in [0.717, 1.165) is 47.5 Å². The summed E-state index contributed by atoms with van der Waals surface area (Å²) < 4.78 is 11.4. The summed E-state index contributed by atoms with van der Waals surface area (Å²) in [4.78, 5) is 3.64. The lowest BCUT2D eigenvalue weighted by atomic mass is 9.86. The van der Waals surface area contributed by atoms with Crippen LogP contribution in [0.25, 0.3) is 22.2 Å². The lowest BCUT2D eigenvalue weighted by molar-refractivity contribution is 0.397. The fourth-order valence-electron chi connectivity index (χ4n) is 3.73. The van der Waals surface area contributed by atoms with Crippen LogP contribution >= 0.6 is 0 Å². The SMILES string of the molecule is COc1cccc(OC)c1-c1[nH]c2ccc(C(C)(C)C)cc2c1CCCCN. The average molecular weight is 381 g/mol. The summed E-state index contributed by atoms with van der Waals surface area (Å²) in [7, 11) is 3.40. The molecular weight excluding hydrogens is 348 g/mol. The Balaban J connectivity index is 2.26. The third-order valence-corrected chi connectivity index (χ3v) is 5.33. The molecule has 2 aromatic carbocycles. The Labute approximate surface area is 168 Å². The van der Waals surface area contributed by atoms with Gasteiger partial charge in [0.1, 0.15) is 11.5 Å². The largest absolute Gasteiger partial charge is 0.496 e. The van der Waals surface area contributed by atoms with Gasteiger partial charge in [0.15, 0.2) is 0 Å². The van der Waals surface area contributed by atoms with Crippen molar-refractivity contribution >= 4 is 10.9 Å². The number of hydrogen-bond donors (Lipinski definition) is 2. The molecule has 0 fully saturated rings. The maximum Gasteiger partial charge on any atom is 0.131 e. The van der Waals surface area contributed by atoms with Crippen LogP contribution < -0.4 is 15.2 Å². The number of aryl methyl sites for hydroxylation is 1. The molecule has 0 amide bonds. The van der Waals surface area contributed by atoms with Crippen LogP contribution in [0.5, 0.6) is 11.5 Å². The van der Waals surface area contributed by atoms with E-state index in [1.54, 1.807) is 14.2 Å². The molecule has 0 aliphatic rings. The van der Waals surface area contributed by atoms with Crippen LogP contribution in [0.3, 0.4) is 0 Å². The molecule has 3 aromatic rings. The zero-order valence-electron chi connectivity index (χ0n) is 17.7. The van der Waals surface area contributed by atoms with Gasteiger partial charge in [0.05, 0.1) is 25.5 Å². The van der Waals surface area contributed by atoms with Crippen LogP contribution in [0.4, 0.5) is 0 Å². The van der Waals surface area contributed by atoms with Crippen LogP contribution in [0.15, 0.2) is 36.4 Å². The van der Waals surface area contributed by atoms with Gasteiger partial charge in [-0.2, -0.15) is 0 Å². The van der Waals surface area contributed by atoms with Gasteiger partial charge in [0.2, 0.25) is 0 Å². The average Bonchev–Trinajstić information content (AvgIpc) is 3.04. The van der Waals surface area contributed by atoms with Crippen molar-refractivity contribution in [2.75, 3.05) is 20.8 Å². The Hall–Kier alpha value is -2.46. The van der Waals surface area contributed by atoms with E-state index in [-0.39, 0.29) is 5.41 Å². The summed E-state index contributed by atoms with van der Waals surface area (Å²) in [5.74, 6) is 1.61. The van der Waals surface area contributed by atoms with Crippen molar-refractivity contribution in [1.82, 2.24) is 4.98 Å². The summed E-state index contributed by atoms with van der Waals surface area (Å²) in [6, 6.07) is 12.6. The number of unbranched alkanes of at least 4 members (excludes halogenated alkanes) is 1. The molecule has 0 radical (unpaired) electrons. The van der Waals surface area contributed by atoms with Gasteiger partial charge >= 0.3 is 0 Å². The number of nitrogens with two attached hydrogens (primary N) is 1. The summed E-state index contributed by atoms with van der Waals surface area (Å²) in [6.45, 7) is 7.46.